The van der Waals surface area contributed by atoms with Gasteiger partial charge in [-0.1, -0.05) is 13.8 Å². The molecule has 0 amide bonds. The number of nitrogens with one attached hydrogen (secondary N) is 2. The summed E-state index contributed by atoms with van der Waals surface area (Å²) in [6.45, 7) is 8.38. The summed E-state index contributed by atoms with van der Waals surface area (Å²) < 4.78 is 13.3. The van der Waals surface area contributed by atoms with Gasteiger partial charge in [0.05, 0.1) is 12.6 Å². The number of ether oxygens (including phenoxy) is 2. The first kappa shape index (κ1) is 23.3. The van der Waals surface area contributed by atoms with Gasteiger partial charge in [-0.3, -0.25) is 4.99 Å². The molecule has 1 saturated heterocycles. The fourth-order valence-electron chi connectivity index (χ4n) is 3.45. The van der Waals surface area contributed by atoms with Gasteiger partial charge < -0.3 is 20.1 Å². The number of aliphatic imine (C=N–C) groups is 1. The van der Waals surface area contributed by atoms with E-state index in [9.17, 15) is 0 Å². The van der Waals surface area contributed by atoms with Crippen LogP contribution in [0.25, 0.3) is 0 Å². The van der Waals surface area contributed by atoms with Crippen molar-refractivity contribution in [2.45, 2.75) is 70.6 Å². The third kappa shape index (κ3) is 6.84. The zero-order valence-electron chi connectivity index (χ0n) is 17.3. The molecule has 160 valence electrons. The van der Waals surface area contributed by atoms with Crippen LogP contribution >= 0.6 is 24.0 Å². The zero-order valence-corrected chi connectivity index (χ0v) is 19.6. The van der Waals surface area contributed by atoms with Gasteiger partial charge >= 0.3 is 0 Å². The molecule has 0 bridgehead atoms. The number of halogens is 1. The molecule has 3 heterocycles. The highest BCUT2D eigenvalue weighted by molar-refractivity contribution is 14.0. The molecule has 1 unspecified atom stereocenters. The lowest BCUT2D eigenvalue weighted by Crippen LogP contribution is -2.47. The summed E-state index contributed by atoms with van der Waals surface area (Å²) in [6, 6.07) is 0.323. The normalized spacial score (nSPS) is 20.6. The molecule has 9 heteroatoms. The molecule has 0 saturated carbocycles. The molecule has 0 aromatic carbocycles. The molecule has 0 spiro atoms. The number of hydrogen-bond donors (Lipinski definition) is 2. The van der Waals surface area contributed by atoms with Gasteiger partial charge in [-0.2, -0.15) is 5.10 Å². The van der Waals surface area contributed by atoms with E-state index in [1.807, 2.05) is 11.7 Å². The zero-order chi connectivity index (χ0) is 19.1. The molecule has 8 nitrogen and oxygen atoms in total. The van der Waals surface area contributed by atoms with Crippen LogP contribution in [0.2, 0.25) is 0 Å². The number of aromatic nitrogens is 3. The van der Waals surface area contributed by atoms with Crippen LogP contribution in [-0.4, -0.2) is 66.3 Å². The molecule has 0 aliphatic carbocycles. The second-order valence-electron chi connectivity index (χ2n) is 7.64. The largest absolute Gasteiger partial charge is 0.381 e. The minimum Gasteiger partial charge on any atom is -0.381 e. The Kier molecular flexibility index (Phi) is 9.93. The lowest BCUT2D eigenvalue weighted by atomic mass is 10.1. The number of rotatable bonds is 7. The molecule has 2 aliphatic heterocycles. The van der Waals surface area contributed by atoms with Crippen LogP contribution in [0, 0.1) is 0 Å². The van der Waals surface area contributed by atoms with Gasteiger partial charge in [0.25, 0.3) is 0 Å². The Hall–Kier alpha value is -0.940. The van der Waals surface area contributed by atoms with Crippen molar-refractivity contribution >= 4 is 29.9 Å². The predicted octanol–water partition coefficient (Wildman–Crippen LogP) is 2.08. The van der Waals surface area contributed by atoms with Gasteiger partial charge in [-0.15, -0.1) is 24.0 Å². The van der Waals surface area contributed by atoms with Crippen molar-refractivity contribution in [1.29, 1.82) is 0 Å². The third-order valence-electron chi connectivity index (χ3n) is 5.09. The van der Waals surface area contributed by atoms with Crippen LogP contribution < -0.4 is 10.6 Å². The predicted molar refractivity (Wildman–Crippen MR) is 121 cm³/mol. The molecule has 2 N–H and O–H groups in total. The molecular formula is C19H35IN6O2. The van der Waals surface area contributed by atoms with Crippen molar-refractivity contribution < 1.29 is 9.47 Å². The number of nitrogens with zero attached hydrogens (tertiary/aromatic N) is 4. The van der Waals surface area contributed by atoms with Gasteiger partial charge in [-0.25, -0.2) is 9.67 Å². The standard InChI is InChI=1S/C19H34N6O2.HI/c1-14(2)18-23-17-6-5-15(13-25(17)24-18)22-19(20-3)21-9-4-10-27-16-7-11-26-12-8-16;/h14-16H,4-13H2,1-3H3,(H2,20,21,22);1H. The van der Waals surface area contributed by atoms with Crippen LogP contribution in [0.3, 0.4) is 0 Å². The Balaban J connectivity index is 0.00000280. The van der Waals surface area contributed by atoms with E-state index in [-0.39, 0.29) is 24.0 Å². The highest BCUT2D eigenvalue weighted by atomic mass is 127. The molecule has 1 aromatic heterocycles. The van der Waals surface area contributed by atoms with E-state index in [1.54, 1.807) is 0 Å². The summed E-state index contributed by atoms with van der Waals surface area (Å²) >= 11 is 0. The Morgan fingerprint density at radius 1 is 1.32 bits per heavy atom. The fraction of sp³-hybridized carbons (Fsp3) is 0.842. The Morgan fingerprint density at radius 2 is 2.11 bits per heavy atom. The highest BCUT2D eigenvalue weighted by Crippen LogP contribution is 2.17. The van der Waals surface area contributed by atoms with E-state index in [1.165, 1.54) is 0 Å². The third-order valence-corrected chi connectivity index (χ3v) is 5.09. The average molecular weight is 506 g/mol. The van der Waals surface area contributed by atoms with Crippen LogP contribution in [0.4, 0.5) is 0 Å². The van der Waals surface area contributed by atoms with Gasteiger partial charge in [0.15, 0.2) is 11.8 Å². The first-order chi connectivity index (χ1) is 13.2. The van der Waals surface area contributed by atoms with E-state index in [0.29, 0.717) is 18.1 Å². The Bertz CT molecular complexity index is 616. The van der Waals surface area contributed by atoms with Crippen LogP contribution in [0.1, 0.15) is 57.1 Å². The minimum atomic E-state index is 0. The fourth-order valence-corrected chi connectivity index (χ4v) is 3.45. The number of hydrogen-bond acceptors (Lipinski definition) is 5. The van der Waals surface area contributed by atoms with E-state index in [2.05, 4.69) is 39.6 Å². The lowest BCUT2D eigenvalue weighted by Gasteiger charge is -2.25. The molecule has 2 aliphatic rings. The maximum Gasteiger partial charge on any atom is 0.191 e. The average Bonchev–Trinajstić information content (AvgIpc) is 3.11. The van der Waals surface area contributed by atoms with E-state index in [4.69, 9.17) is 9.47 Å². The molecule has 1 atom stereocenters. The second kappa shape index (κ2) is 11.9. The minimum absolute atomic E-state index is 0. The van der Waals surface area contributed by atoms with E-state index < -0.39 is 0 Å². The highest BCUT2D eigenvalue weighted by Gasteiger charge is 2.23. The van der Waals surface area contributed by atoms with Crippen molar-refractivity contribution in [1.82, 2.24) is 25.4 Å². The molecule has 28 heavy (non-hydrogen) atoms. The maximum atomic E-state index is 5.91. The van der Waals surface area contributed by atoms with Gasteiger partial charge in [0.1, 0.15) is 5.82 Å². The van der Waals surface area contributed by atoms with Crippen molar-refractivity contribution in [2.24, 2.45) is 4.99 Å². The van der Waals surface area contributed by atoms with Crippen LogP contribution in [-0.2, 0) is 22.4 Å². The summed E-state index contributed by atoms with van der Waals surface area (Å²) in [7, 11) is 1.81. The first-order valence-electron chi connectivity index (χ1n) is 10.3. The van der Waals surface area contributed by atoms with Gasteiger partial charge in [-0.05, 0) is 25.7 Å². The Morgan fingerprint density at radius 3 is 2.82 bits per heavy atom. The van der Waals surface area contributed by atoms with E-state index in [0.717, 1.165) is 82.6 Å². The topological polar surface area (TPSA) is 85.6 Å². The van der Waals surface area contributed by atoms with Crippen molar-refractivity contribution in [2.75, 3.05) is 33.4 Å². The van der Waals surface area contributed by atoms with Crippen molar-refractivity contribution in [3.8, 4) is 0 Å². The van der Waals surface area contributed by atoms with Crippen molar-refractivity contribution in [3.63, 3.8) is 0 Å². The quantitative estimate of drug-likeness (QED) is 0.255. The second-order valence-corrected chi connectivity index (χ2v) is 7.64. The summed E-state index contributed by atoms with van der Waals surface area (Å²) in [4.78, 5) is 9.00. The molecule has 1 fully saturated rings. The Labute approximate surface area is 185 Å². The smallest absolute Gasteiger partial charge is 0.191 e. The summed E-state index contributed by atoms with van der Waals surface area (Å²) in [5.74, 6) is 3.26. The maximum absolute atomic E-state index is 5.91. The lowest BCUT2D eigenvalue weighted by molar-refractivity contribution is -0.0320. The molecule has 0 radical (unpaired) electrons. The summed E-state index contributed by atoms with van der Waals surface area (Å²) in [6.07, 6.45) is 5.36. The SMILES string of the molecule is CN=C(NCCCOC1CCOCC1)NC1CCc2nc(C(C)C)nn2C1.I. The van der Waals surface area contributed by atoms with Crippen LogP contribution in [0.15, 0.2) is 4.99 Å². The molecule has 1 aromatic rings. The monoisotopic (exact) mass is 506 g/mol. The molecule has 3 rings (SSSR count). The summed E-state index contributed by atoms with van der Waals surface area (Å²) in [5, 5.41) is 11.6. The van der Waals surface area contributed by atoms with Crippen LogP contribution in [0.5, 0.6) is 0 Å². The number of guanidine groups is 1. The van der Waals surface area contributed by atoms with E-state index >= 15 is 0 Å². The van der Waals surface area contributed by atoms with Gasteiger partial charge in [0.2, 0.25) is 0 Å². The number of aryl methyl sites for hydroxylation is 1. The number of fused-ring (bicyclic) bond motifs is 1. The summed E-state index contributed by atoms with van der Waals surface area (Å²) in [5.41, 5.74) is 0. The van der Waals surface area contributed by atoms with Crippen molar-refractivity contribution in [3.05, 3.63) is 11.6 Å². The first-order valence-corrected chi connectivity index (χ1v) is 10.3. The molecular weight excluding hydrogens is 471 g/mol. The van der Waals surface area contributed by atoms with Gasteiger partial charge in [0, 0.05) is 51.8 Å².